The second-order valence-electron chi connectivity index (χ2n) is 2.66. The van der Waals surface area contributed by atoms with Gasteiger partial charge in [-0.05, 0) is 12.5 Å². The van der Waals surface area contributed by atoms with Crippen molar-refractivity contribution in [3.8, 4) is 0 Å². The molecule has 1 rings (SSSR count). The topological polar surface area (TPSA) is 46.0 Å². The van der Waals surface area contributed by atoms with Gasteiger partial charge in [-0.2, -0.15) is 0 Å². The molecule has 0 bridgehead atoms. The zero-order chi connectivity index (χ0) is 9.68. The minimum absolute atomic E-state index is 0.291. The van der Waals surface area contributed by atoms with Gasteiger partial charge < -0.3 is 5.11 Å². The van der Waals surface area contributed by atoms with E-state index in [1.165, 1.54) is 11.8 Å². The summed E-state index contributed by atoms with van der Waals surface area (Å²) in [6.07, 6.45) is 2.46. The summed E-state index contributed by atoms with van der Waals surface area (Å²) in [5.74, 6) is 0.291. The maximum Gasteiger partial charge on any atom is 0.187 e. The molecular formula is C8H11FN2OS. The second-order valence-corrected chi connectivity index (χ2v) is 3.65. The van der Waals surface area contributed by atoms with Gasteiger partial charge in [-0.3, -0.25) is 0 Å². The predicted molar refractivity (Wildman–Crippen MR) is 49.5 cm³/mol. The van der Waals surface area contributed by atoms with Gasteiger partial charge in [0.2, 0.25) is 0 Å². The third kappa shape index (κ3) is 3.69. The van der Waals surface area contributed by atoms with Crippen molar-refractivity contribution < 1.29 is 9.50 Å². The van der Waals surface area contributed by atoms with Crippen molar-refractivity contribution in [1.29, 1.82) is 0 Å². The fourth-order valence-corrected chi connectivity index (χ4v) is 1.36. The van der Waals surface area contributed by atoms with Crippen molar-refractivity contribution in [2.24, 2.45) is 0 Å². The molecule has 0 radical (unpaired) electrons. The van der Waals surface area contributed by atoms with E-state index in [0.717, 1.165) is 5.56 Å². The van der Waals surface area contributed by atoms with Gasteiger partial charge >= 0.3 is 0 Å². The molecule has 0 aliphatic heterocycles. The summed E-state index contributed by atoms with van der Waals surface area (Å²) >= 11 is 1.25. The van der Waals surface area contributed by atoms with E-state index in [0.29, 0.717) is 10.9 Å². The van der Waals surface area contributed by atoms with Crippen LogP contribution in [0.25, 0.3) is 0 Å². The lowest BCUT2D eigenvalue weighted by atomic mass is 10.4. The van der Waals surface area contributed by atoms with E-state index in [1.807, 2.05) is 6.92 Å². The first-order chi connectivity index (χ1) is 6.22. The predicted octanol–water partition coefficient (Wildman–Crippen LogP) is 1.21. The highest BCUT2D eigenvalue weighted by Crippen LogP contribution is 2.13. The standard InChI is InChI=1S/C8H11FN2OS/c1-6-3-10-8(11-4-6)13-5-7(12)2-9/h3-4,7,12H,2,5H2,1H3. The first-order valence-electron chi connectivity index (χ1n) is 3.88. The zero-order valence-corrected chi connectivity index (χ0v) is 8.09. The summed E-state index contributed by atoms with van der Waals surface area (Å²) in [5.41, 5.74) is 0.982. The van der Waals surface area contributed by atoms with Crippen LogP contribution in [-0.2, 0) is 0 Å². The molecule has 0 aromatic carbocycles. The maximum atomic E-state index is 11.8. The molecule has 0 aliphatic carbocycles. The van der Waals surface area contributed by atoms with Crippen LogP contribution in [0.5, 0.6) is 0 Å². The summed E-state index contributed by atoms with van der Waals surface area (Å²) in [7, 11) is 0. The van der Waals surface area contributed by atoms with Crippen molar-refractivity contribution in [2.45, 2.75) is 18.2 Å². The number of nitrogens with zero attached hydrogens (tertiary/aromatic N) is 2. The summed E-state index contributed by atoms with van der Waals surface area (Å²) < 4.78 is 11.8. The van der Waals surface area contributed by atoms with Gasteiger partial charge in [0.05, 0.1) is 6.10 Å². The van der Waals surface area contributed by atoms with E-state index >= 15 is 0 Å². The highest BCUT2D eigenvalue weighted by Gasteiger charge is 2.04. The smallest absolute Gasteiger partial charge is 0.187 e. The van der Waals surface area contributed by atoms with Crippen LogP contribution in [-0.4, -0.2) is 33.6 Å². The minimum atomic E-state index is -0.921. The summed E-state index contributed by atoms with van der Waals surface area (Å²) in [6, 6.07) is 0. The van der Waals surface area contributed by atoms with Gasteiger partial charge in [0.25, 0.3) is 0 Å². The molecule has 1 aromatic heterocycles. The molecule has 0 amide bonds. The number of alkyl halides is 1. The molecule has 0 spiro atoms. The first kappa shape index (κ1) is 10.4. The molecular weight excluding hydrogens is 191 g/mol. The fraction of sp³-hybridized carbons (Fsp3) is 0.500. The highest BCUT2D eigenvalue weighted by molar-refractivity contribution is 7.99. The molecule has 1 N–H and O–H groups in total. The van der Waals surface area contributed by atoms with Crippen molar-refractivity contribution in [2.75, 3.05) is 12.4 Å². The summed E-state index contributed by atoms with van der Waals surface area (Å²) in [4.78, 5) is 8.01. The van der Waals surface area contributed by atoms with E-state index in [4.69, 9.17) is 5.11 Å². The Kier molecular flexibility index (Phi) is 4.11. The second kappa shape index (κ2) is 5.14. The largest absolute Gasteiger partial charge is 0.390 e. The van der Waals surface area contributed by atoms with Gasteiger partial charge in [-0.15, -0.1) is 0 Å². The molecule has 0 fully saturated rings. The van der Waals surface area contributed by atoms with Crippen LogP contribution in [0.2, 0.25) is 0 Å². The van der Waals surface area contributed by atoms with Crippen LogP contribution >= 0.6 is 11.8 Å². The van der Waals surface area contributed by atoms with Crippen molar-refractivity contribution in [1.82, 2.24) is 9.97 Å². The third-order valence-electron chi connectivity index (χ3n) is 1.34. The average Bonchev–Trinajstić information content (AvgIpc) is 2.16. The van der Waals surface area contributed by atoms with Gasteiger partial charge in [0.15, 0.2) is 5.16 Å². The van der Waals surface area contributed by atoms with Crippen LogP contribution < -0.4 is 0 Å². The highest BCUT2D eigenvalue weighted by atomic mass is 32.2. The van der Waals surface area contributed by atoms with Gasteiger partial charge in [-0.1, -0.05) is 11.8 Å². The Hall–Kier alpha value is -0.680. The van der Waals surface area contributed by atoms with Crippen molar-refractivity contribution in [3.63, 3.8) is 0 Å². The van der Waals surface area contributed by atoms with Crippen LogP contribution in [0.1, 0.15) is 5.56 Å². The molecule has 1 aromatic rings. The monoisotopic (exact) mass is 202 g/mol. The number of halogens is 1. The third-order valence-corrected chi connectivity index (χ3v) is 2.36. The Bertz CT molecular complexity index is 255. The lowest BCUT2D eigenvalue weighted by Crippen LogP contribution is -2.12. The fourth-order valence-electron chi connectivity index (χ4n) is 0.671. The first-order valence-corrected chi connectivity index (χ1v) is 4.86. The number of hydrogen-bond acceptors (Lipinski definition) is 4. The van der Waals surface area contributed by atoms with E-state index in [2.05, 4.69) is 9.97 Å². The summed E-state index contributed by atoms with van der Waals surface area (Å²) in [5, 5.41) is 9.49. The van der Waals surface area contributed by atoms with E-state index in [1.54, 1.807) is 12.4 Å². The number of hydrogen-bond donors (Lipinski definition) is 1. The normalized spacial score (nSPS) is 12.8. The lowest BCUT2D eigenvalue weighted by molar-refractivity contribution is 0.162. The van der Waals surface area contributed by atoms with Crippen LogP contribution in [0, 0.1) is 6.92 Å². The number of rotatable bonds is 4. The van der Waals surface area contributed by atoms with Crippen molar-refractivity contribution >= 4 is 11.8 Å². The van der Waals surface area contributed by atoms with Crippen molar-refractivity contribution in [3.05, 3.63) is 18.0 Å². The van der Waals surface area contributed by atoms with Gasteiger partial charge in [0, 0.05) is 18.1 Å². The average molecular weight is 202 g/mol. The van der Waals surface area contributed by atoms with E-state index < -0.39 is 12.8 Å². The Morgan fingerprint density at radius 1 is 1.54 bits per heavy atom. The van der Waals surface area contributed by atoms with E-state index in [-0.39, 0.29) is 0 Å². The number of aliphatic hydroxyl groups is 1. The Morgan fingerprint density at radius 2 is 2.15 bits per heavy atom. The van der Waals surface area contributed by atoms with E-state index in [9.17, 15) is 4.39 Å². The molecule has 72 valence electrons. The molecule has 0 saturated heterocycles. The molecule has 0 saturated carbocycles. The van der Waals surface area contributed by atoms with Gasteiger partial charge in [0.1, 0.15) is 6.67 Å². The van der Waals surface area contributed by atoms with Crippen LogP contribution in [0.4, 0.5) is 4.39 Å². The SMILES string of the molecule is Cc1cnc(SCC(O)CF)nc1. The Balaban J connectivity index is 2.41. The molecule has 5 heteroatoms. The maximum absolute atomic E-state index is 11.8. The molecule has 1 heterocycles. The molecule has 1 atom stereocenters. The lowest BCUT2D eigenvalue weighted by Gasteiger charge is -2.03. The zero-order valence-electron chi connectivity index (χ0n) is 7.27. The van der Waals surface area contributed by atoms with Crippen LogP contribution in [0.3, 0.4) is 0 Å². The summed E-state index contributed by atoms with van der Waals surface area (Å²) in [6.45, 7) is 1.17. The Labute approximate surface area is 80.4 Å². The molecule has 13 heavy (non-hydrogen) atoms. The molecule has 3 nitrogen and oxygen atoms in total. The van der Waals surface area contributed by atoms with Crippen LogP contribution in [0.15, 0.2) is 17.6 Å². The minimum Gasteiger partial charge on any atom is -0.390 e. The number of thioether (sulfide) groups is 1. The molecule has 0 aliphatic rings. The Morgan fingerprint density at radius 3 is 2.69 bits per heavy atom. The number of aliphatic hydroxyl groups excluding tert-OH is 1. The molecule has 1 unspecified atom stereocenters. The number of aromatic nitrogens is 2. The van der Waals surface area contributed by atoms with Gasteiger partial charge in [-0.25, -0.2) is 14.4 Å². The quantitative estimate of drug-likeness (QED) is 0.589. The number of aryl methyl sites for hydroxylation is 1.